The molecule has 0 aromatic heterocycles. The van der Waals surface area contributed by atoms with Gasteiger partial charge in [0.2, 0.25) is 0 Å². The van der Waals surface area contributed by atoms with Crippen LogP contribution < -0.4 is 5.32 Å². The summed E-state index contributed by atoms with van der Waals surface area (Å²) in [7, 11) is 0. The van der Waals surface area contributed by atoms with Gasteiger partial charge >= 0.3 is 0 Å². The molecule has 0 bridgehead atoms. The second-order valence-electron chi connectivity index (χ2n) is 5.03. The molecule has 1 unspecified atom stereocenters. The Morgan fingerprint density at radius 2 is 1.45 bits per heavy atom. The van der Waals surface area contributed by atoms with Crippen LogP contribution in [0.25, 0.3) is 0 Å². The van der Waals surface area contributed by atoms with Gasteiger partial charge in [-0.2, -0.15) is 0 Å². The van der Waals surface area contributed by atoms with E-state index in [0.717, 1.165) is 24.4 Å². The molecule has 1 atom stereocenters. The third kappa shape index (κ3) is 3.84. The van der Waals surface area contributed by atoms with E-state index < -0.39 is 0 Å². The van der Waals surface area contributed by atoms with Gasteiger partial charge in [-0.15, -0.1) is 0 Å². The van der Waals surface area contributed by atoms with Crippen molar-refractivity contribution in [1.82, 2.24) is 5.32 Å². The predicted octanol–water partition coefficient (Wildman–Crippen LogP) is 4.99. The number of hydrogen-bond donors (Lipinski definition) is 1. The minimum atomic E-state index is 0.234. The lowest BCUT2D eigenvalue weighted by Crippen LogP contribution is -2.23. The highest BCUT2D eigenvalue weighted by Gasteiger charge is 2.12. The zero-order chi connectivity index (χ0) is 14.4. The summed E-state index contributed by atoms with van der Waals surface area (Å²) in [6.07, 6.45) is 2.20. The summed E-state index contributed by atoms with van der Waals surface area (Å²) in [4.78, 5) is 0. The Morgan fingerprint density at radius 1 is 0.900 bits per heavy atom. The van der Waals surface area contributed by atoms with Gasteiger partial charge in [0.15, 0.2) is 0 Å². The number of halogens is 1. The Morgan fingerprint density at radius 3 is 1.95 bits per heavy atom. The molecule has 0 amide bonds. The van der Waals surface area contributed by atoms with Gasteiger partial charge in [-0.1, -0.05) is 61.8 Å². The predicted molar refractivity (Wildman–Crippen MR) is 87.4 cm³/mol. The Kier molecular flexibility index (Phi) is 5.63. The number of nitrogens with one attached hydrogen (secondary N) is 1. The van der Waals surface area contributed by atoms with Crippen molar-refractivity contribution in [3.8, 4) is 0 Å². The maximum Gasteiger partial charge on any atom is 0.0576 e. The molecule has 2 aromatic rings. The van der Waals surface area contributed by atoms with Crippen LogP contribution in [0.15, 0.2) is 48.5 Å². The van der Waals surface area contributed by atoms with Crippen LogP contribution in [0.5, 0.6) is 0 Å². The lowest BCUT2D eigenvalue weighted by molar-refractivity contribution is 0.598. The first-order valence-corrected chi connectivity index (χ1v) is 7.70. The molecule has 0 saturated heterocycles. The summed E-state index contributed by atoms with van der Waals surface area (Å²) in [5, 5.41) is 4.40. The minimum absolute atomic E-state index is 0.234. The van der Waals surface area contributed by atoms with Crippen LogP contribution in [-0.4, -0.2) is 6.54 Å². The maximum absolute atomic E-state index is 5.99. The van der Waals surface area contributed by atoms with Crippen LogP contribution in [0, 0.1) is 0 Å². The minimum Gasteiger partial charge on any atom is -0.306 e. The molecule has 0 saturated carbocycles. The number of hydrogen-bond acceptors (Lipinski definition) is 1. The van der Waals surface area contributed by atoms with E-state index in [9.17, 15) is 0 Å². The Balaban J connectivity index is 2.27. The van der Waals surface area contributed by atoms with E-state index in [-0.39, 0.29) is 6.04 Å². The van der Waals surface area contributed by atoms with Crippen LogP contribution in [0.1, 0.15) is 43.0 Å². The Labute approximate surface area is 127 Å². The normalized spacial score (nSPS) is 12.3. The summed E-state index contributed by atoms with van der Waals surface area (Å²) in [6, 6.07) is 17.2. The van der Waals surface area contributed by atoms with E-state index in [1.807, 2.05) is 12.1 Å². The fourth-order valence-corrected chi connectivity index (χ4v) is 2.44. The monoisotopic (exact) mass is 287 g/mol. The molecule has 0 spiro atoms. The molecule has 0 heterocycles. The van der Waals surface area contributed by atoms with E-state index in [4.69, 9.17) is 11.6 Å². The van der Waals surface area contributed by atoms with Crippen molar-refractivity contribution < 1.29 is 0 Å². The summed E-state index contributed by atoms with van der Waals surface area (Å²) in [6.45, 7) is 5.37. The van der Waals surface area contributed by atoms with Crippen molar-refractivity contribution in [2.24, 2.45) is 0 Å². The molecule has 2 heteroatoms. The molecule has 0 radical (unpaired) electrons. The molecule has 0 fully saturated rings. The number of aryl methyl sites for hydroxylation is 1. The fraction of sp³-hybridized carbons (Fsp3) is 0.333. The first-order chi connectivity index (χ1) is 9.74. The molecule has 1 N–H and O–H groups in total. The molecular formula is C18H22ClN. The largest absolute Gasteiger partial charge is 0.306 e. The van der Waals surface area contributed by atoms with Gasteiger partial charge in [0.05, 0.1) is 6.04 Å². The highest BCUT2D eigenvalue weighted by molar-refractivity contribution is 6.30. The van der Waals surface area contributed by atoms with Gasteiger partial charge in [-0.3, -0.25) is 0 Å². The quantitative estimate of drug-likeness (QED) is 0.789. The van der Waals surface area contributed by atoms with E-state index >= 15 is 0 Å². The first-order valence-electron chi connectivity index (χ1n) is 7.32. The second-order valence-corrected chi connectivity index (χ2v) is 5.47. The highest BCUT2D eigenvalue weighted by atomic mass is 35.5. The van der Waals surface area contributed by atoms with Crippen LogP contribution in [0.4, 0.5) is 0 Å². The fourth-order valence-electron chi connectivity index (χ4n) is 2.32. The summed E-state index contributed by atoms with van der Waals surface area (Å²) in [5.74, 6) is 0. The van der Waals surface area contributed by atoms with Gasteiger partial charge < -0.3 is 5.32 Å². The van der Waals surface area contributed by atoms with Crippen molar-refractivity contribution in [2.75, 3.05) is 6.54 Å². The van der Waals surface area contributed by atoms with Crippen LogP contribution in [-0.2, 0) is 6.42 Å². The number of rotatable bonds is 6. The van der Waals surface area contributed by atoms with Crippen molar-refractivity contribution in [2.45, 2.75) is 32.7 Å². The SMILES string of the molecule is CCCNC(c1ccc(Cl)cc1)c1ccc(CC)cc1. The van der Waals surface area contributed by atoms with Crippen molar-refractivity contribution in [3.05, 3.63) is 70.2 Å². The topological polar surface area (TPSA) is 12.0 Å². The number of benzene rings is 2. The van der Waals surface area contributed by atoms with Crippen LogP contribution in [0.2, 0.25) is 5.02 Å². The molecule has 0 aliphatic rings. The molecule has 0 aliphatic carbocycles. The zero-order valence-electron chi connectivity index (χ0n) is 12.2. The van der Waals surface area contributed by atoms with Crippen molar-refractivity contribution in [1.29, 1.82) is 0 Å². The lowest BCUT2D eigenvalue weighted by atomic mass is 9.97. The summed E-state index contributed by atoms with van der Waals surface area (Å²) < 4.78 is 0. The standard InChI is InChI=1S/C18H22ClN/c1-3-13-20-18(16-9-11-17(19)12-10-16)15-7-5-14(4-2)6-8-15/h5-12,18,20H,3-4,13H2,1-2H3. The maximum atomic E-state index is 5.99. The van der Waals surface area contributed by atoms with E-state index in [2.05, 4.69) is 55.6 Å². The summed E-state index contributed by atoms with van der Waals surface area (Å²) >= 11 is 5.99. The molecule has 106 valence electrons. The van der Waals surface area contributed by atoms with Gasteiger partial charge in [-0.25, -0.2) is 0 Å². The highest BCUT2D eigenvalue weighted by Crippen LogP contribution is 2.24. The van der Waals surface area contributed by atoms with E-state index in [0.29, 0.717) is 0 Å². The third-order valence-corrected chi connectivity index (χ3v) is 3.78. The smallest absolute Gasteiger partial charge is 0.0576 e. The lowest BCUT2D eigenvalue weighted by Gasteiger charge is -2.20. The van der Waals surface area contributed by atoms with Gasteiger partial charge in [0.1, 0.15) is 0 Å². The zero-order valence-corrected chi connectivity index (χ0v) is 13.0. The average molecular weight is 288 g/mol. The molecular weight excluding hydrogens is 266 g/mol. The second kappa shape index (κ2) is 7.47. The molecule has 2 aromatic carbocycles. The Hall–Kier alpha value is -1.31. The molecule has 1 nitrogen and oxygen atoms in total. The van der Waals surface area contributed by atoms with Crippen molar-refractivity contribution in [3.63, 3.8) is 0 Å². The van der Waals surface area contributed by atoms with E-state index in [1.165, 1.54) is 16.7 Å². The Bertz CT molecular complexity index is 516. The molecule has 2 rings (SSSR count). The van der Waals surface area contributed by atoms with Crippen molar-refractivity contribution >= 4 is 11.6 Å². The third-order valence-electron chi connectivity index (χ3n) is 3.52. The average Bonchev–Trinajstić information content (AvgIpc) is 2.50. The molecule has 0 aliphatic heterocycles. The van der Waals surface area contributed by atoms with Gasteiger partial charge in [0, 0.05) is 5.02 Å². The van der Waals surface area contributed by atoms with Crippen LogP contribution in [0.3, 0.4) is 0 Å². The van der Waals surface area contributed by atoms with Crippen LogP contribution >= 0.6 is 11.6 Å². The molecule has 20 heavy (non-hydrogen) atoms. The van der Waals surface area contributed by atoms with E-state index in [1.54, 1.807) is 0 Å². The summed E-state index contributed by atoms with van der Waals surface area (Å²) in [5.41, 5.74) is 3.93. The first kappa shape index (κ1) is 15.1. The van der Waals surface area contributed by atoms with Gasteiger partial charge in [-0.05, 0) is 48.2 Å². The van der Waals surface area contributed by atoms with Gasteiger partial charge in [0.25, 0.3) is 0 Å².